The summed E-state index contributed by atoms with van der Waals surface area (Å²) in [5, 5.41) is 0.335. The van der Waals surface area contributed by atoms with Crippen molar-refractivity contribution in [3.8, 4) is 11.5 Å². The van der Waals surface area contributed by atoms with Gasteiger partial charge in [0.2, 0.25) is 0 Å². The van der Waals surface area contributed by atoms with Gasteiger partial charge in [-0.1, -0.05) is 11.6 Å². The first kappa shape index (κ1) is 9.92. The fraction of sp³-hybridized carbons (Fsp3) is 0. The molecule has 0 aromatic carbocycles. The van der Waals surface area contributed by atoms with Crippen LogP contribution in [0.4, 0.5) is 8.78 Å². The van der Waals surface area contributed by atoms with Crippen LogP contribution in [-0.4, -0.2) is 15.0 Å². The second-order valence-electron chi connectivity index (χ2n) is 2.71. The van der Waals surface area contributed by atoms with E-state index in [2.05, 4.69) is 15.0 Å². The van der Waals surface area contributed by atoms with E-state index in [9.17, 15) is 8.78 Å². The van der Waals surface area contributed by atoms with Gasteiger partial charge in [-0.15, -0.1) is 0 Å². The predicted molar refractivity (Wildman–Crippen MR) is 50.2 cm³/mol. The number of hydrogen-bond donors (Lipinski definition) is 0. The lowest BCUT2D eigenvalue weighted by Gasteiger charge is -2.00. The number of pyridine rings is 1. The minimum atomic E-state index is -0.808. The highest BCUT2D eigenvalue weighted by atomic mass is 35.5. The molecular formula is C9H4ClF2N3. The second kappa shape index (κ2) is 3.86. The standard InChI is InChI=1S/C9H4ClF2N3/c10-5-2-14-9(15-3-5)8-7(12)1-6(11)4-13-8/h1-4H. The smallest absolute Gasteiger partial charge is 0.181 e. The Morgan fingerprint density at radius 3 is 2.27 bits per heavy atom. The van der Waals surface area contributed by atoms with Crippen molar-refractivity contribution in [3.05, 3.63) is 41.3 Å². The van der Waals surface area contributed by atoms with Gasteiger partial charge in [0.05, 0.1) is 11.2 Å². The van der Waals surface area contributed by atoms with Crippen LogP contribution in [0.3, 0.4) is 0 Å². The monoisotopic (exact) mass is 227 g/mol. The Bertz CT molecular complexity index is 487. The highest BCUT2D eigenvalue weighted by Gasteiger charge is 2.10. The molecule has 0 aliphatic rings. The van der Waals surface area contributed by atoms with Gasteiger partial charge in [0, 0.05) is 18.5 Å². The summed E-state index contributed by atoms with van der Waals surface area (Å²) in [6.45, 7) is 0. The van der Waals surface area contributed by atoms with Crippen molar-refractivity contribution in [2.24, 2.45) is 0 Å². The van der Waals surface area contributed by atoms with E-state index in [1.165, 1.54) is 12.4 Å². The Labute approximate surface area is 88.8 Å². The first-order valence-corrected chi connectivity index (χ1v) is 4.33. The topological polar surface area (TPSA) is 38.7 Å². The largest absolute Gasteiger partial charge is 0.247 e. The molecule has 2 aromatic rings. The van der Waals surface area contributed by atoms with Crippen molar-refractivity contribution in [1.82, 2.24) is 15.0 Å². The van der Waals surface area contributed by atoms with Crippen molar-refractivity contribution >= 4 is 11.6 Å². The molecule has 0 spiro atoms. The van der Waals surface area contributed by atoms with Crippen LogP contribution in [0.15, 0.2) is 24.7 Å². The maximum atomic E-state index is 13.2. The van der Waals surface area contributed by atoms with Crippen molar-refractivity contribution < 1.29 is 8.78 Å². The highest BCUT2D eigenvalue weighted by Crippen LogP contribution is 2.17. The van der Waals surface area contributed by atoms with E-state index in [0.29, 0.717) is 5.02 Å². The fourth-order valence-corrected chi connectivity index (χ4v) is 1.11. The molecule has 0 radical (unpaired) electrons. The van der Waals surface area contributed by atoms with Crippen LogP contribution < -0.4 is 0 Å². The van der Waals surface area contributed by atoms with Gasteiger partial charge in [-0.05, 0) is 0 Å². The average molecular weight is 228 g/mol. The molecule has 0 unspecified atom stereocenters. The number of aromatic nitrogens is 3. The summed E-state index contributed by atoms with van der Waals surface area (Å²) in [5.41, 5.74) is -0.104. The summed E-state index contributed by atoms with van der Waals surface area (Å²) >= 11 is 5.56. The molecule has 2 heterocycles. The molecule has 0 saturated carbocycles. The summed E-state index contributed by atoms with van der Waals surface area (Å²) in [6.07, 6.45) is 3.53. The lowest BCUT2D eigenvalue weighted by atomic mass is 10.3. The fourth-order valence-electron chi connectivity index (χ4n) is 1.01. The summed E-state index contributed by atoms with van der Waals surface area (Å²) in [4.78, 5) is 11.1. The van der Waals surface area contributed by atoms with E-state index < -0.39 is 11.6 Å². The van der Waals surface area contributed by atoms with Crippen LogP contribution in [-0.2, 0) is 0 Å². The van der Waals surface area contributed by atoms with Crippen LogP contribution in [0.5, 0.6) is 0 Å². The summed E-state index contributed by atoms with van der Waals surface area (Å²) < 4.78 is 25.8. The molecule has 3 nitrogen and oxygen atoms in total. The van der Waals surface area contributed by atoms with E-state index in [-0.39, 0.29) is 11.5 Å². The molecule has 0 bridgehead atoms. The molecule has 2 aromatic heterocycles. The van der Waals surface area contributed by atoms with Gasteiger partial charge in [-0.3, -0.25) is 0 Å². The van der Waals surface area contributed by atoms with E-state index in [1.807, 2.05) is 0 Å². The van der Waals surface area contributed by atoms with Gasteiger partial charge < -0.3 is 0 Å². The third-order valence-electron chi connectivity index (χ3n) is 1.64. The van der Waals surface area contributed by atoms with Crippen molar-refractivity contribution in [1.29, 1.82) is 0 Å². The SMILES string of the molecule is Fc1cnc(-c2ncc(Cl)cn2)c(F)c1. The average Bonchev–Trinajstić information content (AvgIpc) is 2.20. The molecule has 0 amide bonds. The molecule has 2 rings (SSSR count). The van der Waals surface area contributed by atoms with E-state index in [0.717, 1.165) is 12.3 Å². The molecule has 6 heteroatoms. The van der Waals surface area contributed by atoms with E-state index >= 15 is 0 Å². The zero-order valence-electron chi connectivity index (χ0n) is 7.28. The quantitative estimate of drug-likeness (QED) is 0.751. The predicted octanol–water partition coefficient (Wildman–Crippen LogP) is 2.47. The Balaban J connectivity index is 2.49. The van der Waals surface area contributed by atoms with Gasteiger partial charge in [0.1, 0.15) is 11.5 Å². The normalized spacial score (nSPS) is 10.3. The number of halogens is 3. The van der Waals surface area contributed by atoms with E-state index in [4.69, 9.17) is 11.6 Å². The molecule has 0 atom stereocenters. The molecule has 76 valence electrons. The Kier molecular flexibility index (Phi) is 2.55. The van der Waals surface area contributed by atoms with E-state index in [1.54, 1.807) is 0 Å². The summed E-state index contributed by atoms with van der Waals surface area (Å²) in [7, 11) is 0. The maximum absolute atomic E-state index is 13.2. The van der Waals surface area contributed by atoms with Crippen LogP contribution in [0.25, 0.3) is 11.5 Å². The van der Waals surface area contributed by atoms with Crippen LogP contribution in [0, 0.1) is 11.6 Å². The van der Waals surface area contributed by atoms with Crippen LogP contribution in [0.1, 0.15) is 0 Å². The number of hydrogen-bond acceptors (Lipinski definition) is 3. The molecule has 0 aliphatic carbocycles. The van der Waals surface area contributed by atoms with Crippen molar-refractivity contribution in [2.75, 3.05) is 0 Å². The Morgan fingerprint density at radius 2 is 1.67 bits per heavy atom. The van der Waals surface area contributed by atoms with Gasteiger partial charge in [-0.25, -0.2) is 23.7 Å². The maximum Gasteiger partial charge on any atom is 0.181 e. The lowest BCUT2D eigenvalue weighted by molar-refractivity contribution is 0.575. The zero-order valence-corrected chi connectivity index (χ0v) is 8.04. The molecule has 0 N–H and O–H groups in total. The third kappa shape index (κ3) is 2.07. The molecule has 0 saturated heterocycles. The third-order valence-corrected chi connectivity index (χ3v) is 1.84. The lowest BCUT2D eigenvalue weighted by Crippen LogP contribution is -1.95. The zero-order chi connectivity index (χ0) is 10.8. The van der Waals surface area contributed by atoms with Gasteiger partial charge in [0.15, 0.2) is 11.6 Å². The number of rotatable bonds is 1. The summed E-state index contributed by atoms with van der Waals surface area (Å²) in [6, 6.07) is 0.723. The minimum Gasteiger partial charge on any atom is -0.247 e. The van der Waals surface area contributed by atoms with Gasteiger partial charge >= 0.3 is 0 Å². The Hall–Kier alpha value is -1.62. The second-order valence-corrected chi connectivity index (χ2v) is 3.15. The summed E-state index contributed by atoms with van der Waals surface area (Å²) in [5.74, 6) is -1.49. The van der Waals surface area contributed by atoms with Crippen molar-refractivity contribution in [2.45, 2.75) is 0 Å². The van der Waals surface area contributed by atoms with Gasteiger partial charge in [-0.2, -0.15) is 0 Å². The molecular weight excluding hydrogens is 224 g/mol. The first-order chi connectivity index (χ1) is 7.16. The molecule has 0 aliphatic heterocycles. The van der Waals surface area contributed by atoms with Gasteiger partial charge in [0.25, 0.3) is 0 Å². The molecule has 15 heavy (non-hydrogen) atoms. The first-order valence-electron chi connectivity index (χ1n) is 3.96. The highest BCUT2D eigenvalue weighted by molar-refractivity contribution is 6.30. The van der Waals surface area contributed by atoms with Crippen molar-refractivity contribution in [3.63, 3.8) is 0 Å². The minimum absolute atomic E-state index is 0.0666. The van der Waals surface area contributed by atoms with Crippen LogP contribution in [0.2, 0.25) is 5.02 Å². The number of nitrogens with zero attached hydrogens (tertiary/aromatic N) is 3. The van der Waals surface area contributed by atoms with Crippen LogP contribution >= 0.6 is 11.6 Å². The molecule has 0 fully saturated rings. The Morgan fingerprint density at radius 1 is 1.00 bits per heavy atom.